The SMILES string of the molecule is COCCCNC(=O)C(C)N1CCC(CN)(SC)CC1. The van der Waals surface area contributed by atoms with Gasteiger partial charge in [0.1, 0.15) is 0 Å². The first kappa shape index (κ1) is 17.8. The lowest BCUT2D eigenvalue weighted by atomic mass is 9.95. The van der Waals surface area contributed by atoms with Gasteiger partial charge in [0.2, 0.25) is 5.91 Å². The number of piperidine rings is 1. The van der Waals surface area contributed by atoms with Gasteiger partial charge in [0, 0.05) is 44.6 Å². The van der Waals surface area contributed by atoms with Crippen molar-refractivity contribution in [3.8, 4) is 0 Å². The summed E-state index contributed by atoms with van der Waals surface area (Å²) in [4.78, 5) is 14.3. The van der Waals surface area contributed by atoms with Gasteiger partial charge in [-0.05, 0) is 32.4 Å². The van der Waals surface area contributed by atoms with E-state index in [1.54, 1.807) is 7.11 Å². The number of hydrogen-bond acceptors (Lipinski definition) is 5. The summed E-state index contributed by atoms with van der Waals surface area (Å²) in [7, 11) is 1.67. The van der Waals surface area contributed by atoms with Crippen molar-refractivity contribution in [2.24, 2.45) is 5.73 Å². The first-order chi connectivity index (χ1) is 9.58. The summed E-state index contributed by atoms with van der Waals surface area (Å²) in [6, 6.07) is -0.0600. The van der Waals surface area contributed by atoms with Crippen molar-refractivity contribution in [3.63, 3.8) is 0 Å². The largest absolute Gasteiger partial charge is 0.385 e. The summed E-state index contributed by atoms with van der Waals surface area (Å²) in [5.41, 5.74) is 5.89. The van der Waals surface area contributed by atoms with Gasteiger partial charge in [-0.15, -0.1) is 0 Å². The number of carbonyl (C=O) groups is 1. The van der Waals surface area contributed by atoms with E-state index >= 15 is 0 Å². The maximum absolute atomic E-state index is 12.1. The number of likely N-dealkylation sites (tertiary alicyclic amines) is 1. The van der Waals surface area contributed by atoms with E-state index in [1.807, 2.05) is 18.7 Å². The van der Waals surface area contributed by atoms with Gasteiger partial charge in [-0.3, -0.25) is 9.69 Å². The van der Waals surface area contributed by atoms with E-state index in [0.717, 1.165) is 38.9 Å². The van der Waals surface area contributed by atoms with Crippen molar-refractivity contribution in [2.75, 3.05) is 46.2 Å². The molecule has 1 heterocycles. The van der Waals surface area contributed by atoms with Crippen molar-refractivity contribution < 1.29 is 9.53 Å². The van der Waals surface area contributed by atoms with Crippen LogP contribution in [0.4, 0.5) is 0 Å². The molecule has 1 rings (SSSR count). The maximum atomic E-state index is 12.1. The summed E-state index contributed by atoms with van der Waals surface area (Å²) in [6.07, 6.45) is 5.12. The predicted molar refractivity (Wildman–Crippen MR) is 85.1 cm³/mol. The van der Waals surface area contributed by atoms with Crippen LogP contribution >= 0.6 is 11.8 Å². The molecule has 0 spiro atoms. The Morgan fingerprint density at radius 1 is 1.50 bits per heavy atom. The smallest absolute Gasteiger partial charge is 0.237 e. The number of methoxy groups -OCH3 is 1. The van der Waals surface area contributed by atoms with Crippen LogP contribution in [0.1, 0.15) is 26.2 Å². The van der Waals surface area contributed by atoms with E-state index < -0.39 is 0 Å². The number of nitrogens with one attached hydrogen (secondary N) is 1. The second kappa shape index (κ2) is 8.87. The molecule has 0 aromatic heterocycles. The number of amides is 1. The summed E-state index contributed by atoms with van der Waals surface area (Å²) >= 11 is 1.87. The highest BCUT2D eigenvalue weighted by atomic mass is 32.2. The highest BCUT2D eigenvalue weighted by Gasteiger charge is 2.35. The minimum absolute atomic E-state index is 0.0600. The zero-order valence-electron chi connectivity index (χ0n) is 13.0. The molecule has 0 aromatic rings. The van der Waals surface area contributed by atoms with Crippen LogP contribution in [0, 0.1) is 0 Å². The van der Waals surface area contributed by atoms with Gasteiger partial charge >= 0.3 is 0 Å². The molecule has 0 radical (unpaired) electrons. The molecule has 118 valence electrons. The molecular weight excluding hydrogens is 274 g/mol. The number of thioether (sulfide) groups is 1. The Bertz CT molecular complexity index is 288. The number of nitrogens with zero attached hydrogens (tertiary/aromatic N) is 1. The number of hydrogen-bond donors (Lipinski definition) is 2. The average Bonchev–Trinajstić information content (AvgIpc) is 2.50. The van der Waals surface area contributed by atoms with Crippen LogP contribution in [0.3, 0.4) is 0 Å². The number of ether oxygens (including phenoxy) is 1. The normalized spacial score (nSPS) is 20.6. The Kier molecular flexibility index (Phi) is 7.87. The monoisotopic (exact) mass is 303 g/mol. The minimum Gasteiger partial charge on any atom is -0.385 e. The van der Waals surface area contributed by atoms with E-state index in [-0.39, 0.29) is 16.7 Å². The summed E-state index contributed by atoms with van der Waals surface area (Å²) < 4.78 is 5.19. The van der Waals surface area contributed by atoms with Gasteiger partial charge in [0.25, 0.3) is 0 Å². The van der Waals surface area contributed by atoms with Crippen molar-refractivity contribution >= 4 is 17.7 Å². The van der Waals surface area contributed by atoms with E-state index in [2.05, 4.69) is 16.5 Å². The van der Waals surface area contributed by atoms with Crippen LogP contribution in [0.15, 0.2) is 0 Å². The van der Waals surface area contributed by atoms with Crippen molar-refractivity contribution in [1.82, 2.24) is 10.2 Å². The van der Waals surface area contributed by atoms with Gasteiger partial charge in [-0.2, -0.15) is 11.8 Å². The molecule has 6 heteroatoms. The highest BCUT2D eigenvalue weighted by molar-refractivity contribution is 8.00. The van der Waals surface area contributed by atoms with Crippen LogP contribution < -0.4 is 11.1 Å². The number of nitrogens with two attached hydrogens (primary N) is 1. The molecule has 1 atom stereocenters. The summed E-state index contributed by atoms with van der Waals surface area (Å²) in [6.45, 7) is 5.97. The van der Waals surface area contributed by atoms with E-state index in [1.165, 1.54) is 0 Å². The first-order valence-electron chi connectivity index (χ1n) is 7.34. The Morgan fingerprint density at radius 2 is 2.15 bits per heavy atom. The molecule has 1 unspecified atom stereocenters. The van der Waals surface area contributed by atoms with Crippen molar-refractivity contribution in [3.05, 3.63) is 0 Å². The van der Waals surface area contributed by atoms with Crippen molar-refractivity contribution in [1.29, 1.82) is 0 Å². The number of rotatable bonds is 8. The summed E-state index contributed by atoms with van der Waals surface area (Å²) in [5, 5.41) is 2.97. The molecule has 1 amide bonds. The standard InChI is InChI=1S/C14H29N3O2S/c1-12(13(18)16-7-4-10-19-2)17-8-5-14(11-15,20-3)6-9-17/h12H,4-11,15H2,1-3H3,(H,16,18). The molecule has 1 aliphatic heterocycles. The molecule has 1 aliphatic rings. The third-order valence-corrected chi connectivity index (χ3v) is 5.71. The molecule has 0 saturated carbocycles. The zero-order valence-corrected chi connectivity index (χ0v) is 13.8. The van der Waals surface area contributed by atoms with Crippen LogP contribution in [-0.2, 0) is 9.53 Å². The summed E-state index contributed by atoms with van der Waals surface area (Å²) in [5.74, 6) is 0.116. The molecular formula is C14H29N3O2S. The van der Waals surface area contributed by atoms with E-state index in [4.69, 9.17) is 10.5 Å². The van der Waals surface area contributed by atoms with E-state index in [0.29, 0.717) is 13.2 Å². The van der Waals surface area contributed by atoms with E-state index in [9.17, 15) is 4.79 Å². The van der Waals surface area contributed by atoms with Crippen LogP contribution in [-0.4, -0.2) is 67.7 Å². The average molecular weight is 303 g/mol. The molecule has 3 N–H and O–H groups in total. The lowest BCUT2D eigenvalue weighted by molar-refractivity contribution is -0.126. The first-order valence-corrected chi connectivity index (χ1v) is 8.57. The fourth-order valence-electron chi connectivity index (χ4n) is 2.55. The fourth-order valence-corrected chi connectivity index (χ4v) is 3.31. The molecule has 0 aromatic carbocycles. The molecule has 5 nitrogen and oxygen atoms in total. The quantitative estimate of drug-likeness (QED) is 0.646. The van der Waals surface area contributed by atoms with Crippen LogP contribution in [0.25, 0.3) is 0 Å². The zero-order chi connectivity index (χ0) is 15.0. The number of carbonyl (C=O) groups excluding carboxylic acids is 1. The topological polar surface area (TPSA) is 67.6 Å². The Labute approximate surface area is 127 Å². The van der Waals surface area contributed by atoms with Crippen LogP contribution in [0.5, 0.6) is 0 Å². The molecule has 20 heavy (non-hydrogen) atoms. The highest BCUT2D eigenvalue weighted by Crippen LogP contribution is 2.33. The molecule has 1 fully saturated rings. The molecule has 0 aliphatic carbocycles. The third kappa shape index (κ3) is 4.91. The van der Waals surface area contributed by atoms with Gasteiger partial charge in [0.15, 0.2) is 0 Å². The van der Waals surface area contributed by atoms with Gasteiger partial charge in [-0.25, -0.2) is 0 Å². The Hall–Kier alpha value is -0.300. The Morgan fingerprint density at radius 3 is 2.65 bits per heavy atom. The van der Waals surface area contributed by atoms with Gasteiger partial charge < -0.3 is 15.8 Å². The lowest BCUT2D eigenvalue weighted by Crippen LogP contribution is -2.53. The Balaban J connectivity index is 2.34. The second-order valence-corrected chi connectivity index (χ2v) is 6.71. The lowest BCUT2D eigenvalue weighted by Gasteiger charge is -2.41. The maximum Gasteiger partial charge on any atom is 0.237 e. The van der Waals surface area contributed by atoms with Gasteiger partial charge in [-0.1, -0.05) is 0 Å². The van der Waals surface area contributed by atoms with Crippen molar-refractivity contribution in [2.45, 2.75) is 37.0 Å². The predicted octanol–water partition coefficient (Wildman–Crippen LogP) is 0.684. The van der Waals surface area contributed by atoms with Crippen LogP contribution in [0.2, 0.25) is 0 Å². The minimum atomic E-state index is -0.0600. The van der Waals surface area contributed by atoms with Gasteiger partial charge in [0.05, 0.1) is 6.04 Å². The molecule has 1 saturated heterocycles. The molecule has 0 bridgehead atoms. The second-order valence-electron chi connectivity index (χ2n) is 5.44. The fraction of sp³-hybridized carbons (Fsp3) is 0.929. The third-order valence-electron chi connectivity index (χ3n) is 4.27.